The first-order valence-electron chi connectivity index (χ1n) is 9.78. The Labute approximate surface area is 192 Å². The quantitative estimate of drug-likeness (QED) is 0.454. The summed E-state index contributed by atoms with van der Waals surface area (Å²) in [6.45, 7) is 2.92. The van der Waals surface area contributed by atoms with Gasteiger partial charge in [-0.05, 0) is 31.0 Å². The second kappa shape index (κ2) is 9.65. The van der Waals surface area contributed by atoms with Crippen LogP contribution >= 0.6 is 19.2 Å². The fourth-order valence-electron chi connectivity index (χ4n) is 3.02. The van der Waals surface area contributed by atoms with Crippen LogP contribution in [0.1, 0.15) is 24.4 Å². The lowest BCUT2D eigenvalue weighted by molar-refractivity contribution is -0.139. The molecule has 1 aromatic heterocycles. The molecule has 2 aromatic rings. The zero-order valence-electron chi connectivity index (χ0n) is 17.7. The number of phosphoric acid groups is 1. The number of ether oxygens (including phenoxy) is 1. The highest BCUT2D eigenvalue weighted by atomic mass is 32.1. The molecular weight excluding hydrogens is 482 g/mol. The average molecular weight is 505 g/mol. The molecule has 0 radical (unpaired) electrons. The normalized spacial score (nSPS) is 20.6. The van der Waals surface area contributed by atoms with Crippen LogP contribution in [-0.4, -0.2) is 33.2 Å². The zero-order chi connectivity index (χ0) is 24.4. The molecule has 13 heteroatoms. The Balaban J connectivity index is 1.82. The van der Waals surface area contributed by atoms with Crippen molar-refractivity contribution in [1.29, 1.82) is 0 Å². The van der Waals surface area contributed by atoms with E-state index in [1.165, 1.54) is 19.1 Å². The maximum Gasteiger partial charge on any atom is 0.469 e. The van der Waals surface area contributed by atoms with Crippen molar-refractivity contribution in [2.24, 2.45) is 17.6 Å². The van der Waals surface area contributed by atoms with Crippen molar-refractivity contribution in [2.75, 3.05) is 13.2 Å². The van der Waals surface area contributed by atoms with E-state index in [4.69, 9.17) is 20.3 Å². The lowest BCUT2D eigenvalue weighted by Gasteiger charge is -2.22. The molecule has 0 bridgehead atoms. The number of halogens is 3. The summed E-state index contributed by atoms with van der Waals surface area (Å²) >= 11 is 0.900. The summed E-state index contributed by atoms with van der Waals surface area (Å²) in [5, 5.41) is 8.06. The highest BCUT2D eigenvalue weighted by molar-refractivity contribution is 7.46. The van der Waals surface area contributed by atoms with Crippen molar-refractivity contribution in [3.05, 3.63) is 53.1 Å². The molecule has 8 nitrogen and oxygen atoms in total. The number of hydrogen-bond donors (Lipinski definition) is 3. The minimum atomic E-state index is -4.76. The number of allylic oxidation sites excluding steroid dienone is 3. The third kappa shape index (κ3) is 6.72. The van der Waals surface area contributed by atoms with Gasteiger partial charge in [0.25, 0.3) is 0 Å². The van der Waals surface area contributed by atoms with E-state index in [1.54, 1.807) is 0 Å². The fourth-order valence-corrected chi connectivity index (χ4v) is 4.34. The second-order valence-corrected chi connectivity index (χ2v) is 10.1. The van der Waals surface area contributed by atoms with Gasteiger partial charge >= 0.3 is 14.0 Å². The summed E-state index contributed by atoms with van der Waals surface area (Å²) < 4.78 is 62.1. The number of rotatable bonds is 8. The van der Waals surface area contributed by atoms with Crippen molar-refractivity contribution >= 4 is 19.2 Å². The maximum atomic E-state index is 13.7. The summed E-state index contributed by atoms with van der Waals surface area (Å²) in [5.41, 5.74) is 3.81. The molecule has 0 spiro atoms. The summed E-state index contributed by atoms with van der Waals surface area (Å²) in [6, 6.07) is 3.61. The number of hydrogen-bond acceptors (Lipinski definition) is 7. The number of aromatic nitrogens is 2. The van der Waals surface area contributed by atoms with E-state index in [0.717, 1.165) is 17.4 Å². The minimum Gasteiger partial charge on any atom is -0.492 e. The molecule has 0 aliphatic heterocycles. The Bertz CT molecular complexity index is 1100. The van der Waals surface area contributed by atoms with Crippen LogP contribution in [0, 0.1) is 11.8 Å². The standard InChI is InChI=1S/C20H23F3N3O5PS/c1-12-5-3-4-6-14(12)10-30-16-8-7-13(9-15(16)20(21,22)23)17-25-26-18(33-17)19(2,24)11-31-32(27,28)29/h3-9,12,14H,10-11,24H2,1-2H3,(H2,27,28,29)/t12?,14?,19-/m0/s1. The Morgan fingerprint density at radius 2 is 1.91 bits per heavy atom. The van der Waals surface area contributed by atoms with E-state index < -0.39 is 31.7 Å². The van der Waals surface area contributed by atoms with Gasteiger partial charge in [-0.2, -0.15) is 13.2 Å². The van der Waals surface area contributed by atoms with E-state index in [1.807, 2.05) is 31.2 Å². The number of nitrogens with two attached hydrogens (primary N) is 1. The highest BCUT2D eigenvalue weighted by Crippen LogP contribution is 2.41. The monoisotopic (exact) mass is 505 g/mol. The molecule has 3 rings (SSSR count). The summed E-state index contributed by atoms with van der Waals surface area (Å²) in [4.78, 5) is 17.7. The molecule has 33 heavy (non-hydrogen) atoms. The van der Waals surface area contributed by atoms with Crippen molar-refractivity contribution in [3.8, 4) is 16.3 Å². The molecule has 3 atom stereocenters. The largest absolute Gasteiger partial charge is 0.492 e. The molecule has 0 amide bonds. The Morgan fingerprint density at radius 1 is 1.21 bits per heavy atom. The number of alkyl halides is 3. The molecular formula is C20H23F3N3O5PS. The van der Waals surface area contributed by atoms with E-state index in [9.17, 15) is 17.7 Å². The number of benzene rings is 1. The molecule has 1 heterocycles. The van der Waals surface area contributed by atoms with Crippen LogP contribution in [0.3, 0.4) is 0 Å². The third-order valence-electron chi connectivity index (χ3n) is 4.97. The van der Waals surface area contributed by atoms with E-state index in [2.05, 4.69) is 14.7 Å². The van der Waals surface area contributed by atoms with Crippen LogP contribution in [-0.2, 0) is 20.8 Å². The number of phosphoric ester groups is 1. The van der Waals surface area contributed by atoms with Gasteiger partial charge in [-0.15, -0.1) is 10.2 Å². The van der Waals surface area contributed by atoms with Gasteiger partial charge in [0.05, 0.1) is 24.3 Å². The lowest BCUT2D eigenvalue weighted by atomic mass is 9.91. The van der Waals surface area contributed by atoms with Crippen molar-refractivity contribution in [2.45, 2.75) is 25.6 Å². The van der Waals surface area contributed by atoms with Crippen LogP contribution in [0.4, 0.5) is 13.2 Å². The summed E-state index contributed by atoms with van der Waals surface area (Å²) in [7, 11) is -4.76. The topological polar surface area (TPSA) is 128 Å². The van der Waals surface area contributed by atoms with Crippen LogP contribution in [0.15, 0.2) is 42.5 Å². The molecule has 0 fully saturated rings. The summed E-state index contributed by atoms with van der Waals surface area (Å²) in [6.07, 6.45) is 2.93. The Morgan fingerprint density at radius 3 is 2.55 bits per heavy atom. The summed E-state index contributed by atoms with van der Waals surface area (Å²) in [5.74, 6) is -0.188. The van der Waals surface area contributed by atoms with Crippen LogP contribution in [0.25, 0.3) is 10.6 Å². The fraction of sp³-hybridized carbons (Fsp3) is 0.400. The van der Waals surface area contributed by atoms with Gasteiger partial charge in [0.15, 0.2) is 0 Å². The van der Waals surface area contributed by atoms with E-state index in [0.29, 0.717) is 0 Å². The SMILES string of the molecule is CC1C=CC=CC1COc1ccc(-c2nnc([C@@](C)(N)COP(=O)(O)O)s2)cc1C(F)(F)F. The lowest BCUT2D eigenvalue weighted by Crippen LogP contribution is -2.37. The average Bonchev–Trinajstić information content (AvgIpc) is 3.22. The first kappa shape index (κ1) is 25.5. The van der Waals surface area contributed by atoms with E-state index >= 15 is 0 Å². The first-order valence-corrected chi connectivity index (χ1v) is 12.1. The third-order valence-corrected chi connectivity index (χ3v) is 6.69. The van der Waals surface area contributed by atoms with Gasteiger partial charge in [0, 0.05) is 11.5 Å². The Hall–Kier alpha value is -2.08. The Kier molecular flexibility index (Phi) is 7.47. The zero-order valence-corrected chi connectivity index (χ0v) is 19.4. The highest BCUT2D eigenvalue weighted by Gasteiger charge is 2.36. The first-order chi connectivity index (χ1) is 15.3. The van der Waals surface area contributed by atoms with Gasteiger partial charge in [-0.1, -0.05) is 42.6 Å². The van der Waals surface area contributed by atoms with Crippen molar-refractivity contribution < 1.29 is 36.8 Å². The second-order valence-electron chi connectivity index (χ2n) is 7.91. The van der Waals surface area contributed by atoms with E-state index in [-0.39, 0.29) is 39.8 Å². The van der Waals surface area contributed by atoms with Crippen LogP contribution < -0.4 is 10.5 Å². The molecule has 1 aliphatic carbocycles. The van der Waals surface area contributed by atoms with Crippen LogP contribution in [0.5, 0.6) is 5.75 Å². The van der Waals surface area contributed by atoms with Crippen LogP contribution in [0.2, 0.25) is 0 Å². The van der Waals surface area contributed by atoms with Gasteiger partial charge in [-0.3, -0.25) is 4.52 Å². The van der Waals surface area contributed by atoms with Gasteiger partial charge in [0.1, 0.15) is 15.8 Å². The van der Waals surface area contributed by atoms with Gasteiger partial charge in [-0.25, -0.2) is 4.57 Å². The minimum absolute atomic E-state index is 0.0425. The molecule has 0 saturated carbocycles. The predicted molar refractivity (Wildman–Crippen MR) is 116 cm³/mol. The molecule has 2 unspecified atom stereocenters. The number of nitrogens with zero attached hydrogens (tertiary/aromatic N) is 2. The van der Waals surface area contributed by atoms with Gasteiger partial charge in [0.2, 0.25) is 0 Å². The molecule has 4 N–H and O–H groups in total. The van der Waals surface area contributed by atoms with Crippen molar-refractivity contribution in [3.63, 3.8) is 0 Å². The smallest absolute Gasteiger partial charge is 0.469 e. The molecule has 0 saturated heterocycles. The molecule has 1 aromatic carbocycles. The molecule has 1 aliphatic rings. The van der Waals surface area contributed by atoms with Crippen molar-refractivity contribution in [1.82, 2.24) is 10.2 Å². The van der Waals surface area contributed by atoms with Gasteiger partial charge < -0.3 is 20.3 Å². The predicted octanol–water partition coefficient (Wildman–Crippen LogP) is 4.26. The maximum absolute atomic E-state index is 13.7. The molecule has 180 valence electrons.